The molecule has 4 rings (SSSR count). The maximum Gasteiger partial charge on any atom is 0.223 e. The second-order valence-corrected chi connectivity index (χ2v) is 7.49. The number of carbonyl (C=O) groups is 1. The van der Waals surface area contributed by atoms with Crippen LogP contribution in [0.1, 0.15) is 42.1 Å². The van der Waals surface area contributed by atoms with Crippen LogP contribution in [0.25, 0.3) is 0 Å². The van der Waals surface area contributed by atoms with E-state index in [1.165, 1.54) is 11.1 Å². The number of aromatic nitrogens is 2. The fourth-order valence-corrected chi connectivity index (χ4v) is 4.04. The van der Waals surface area contributed by atoms with E-state index in [0.717, 1.165) is 57.8 Å². The average Bonchev–Trinajstić information content (AvgIpc) is 3.07. The zero-order valence-corrected chi connectivity index (χ0v) is 15.4. The van der Waals surface area contributed by atoms with Crippen LogP contribution in [0.5, 0.6) is 0 Å². The second-order valence-electron chi connectivity index (χ2n) is 7.49. The lowest BCUT2D eigenvalue weighted by atomic mass is 9.92. The molecule has 138 valence electrons. The number of hydrogen-bond donors (Lipinski definition) is 0. The Kier molecular flexibility index (Phi) is 5.02. The molecule has 6 nitrogen and oxygen atoms in total. The van der Waals surface area contributed by atoms with Crippen LogP contribution in [0, 0.1) is 12.8 Å². The summed E-state index contributed by atoms with van der Waals surface area (Å²) in [6.07, 6.45) is 3.78. The summed E-state index contributed by atoms with van der Waals surface area (Å²) in [5, 5.41) is 3.97. The first-order chi connectivity index (χ1) is 12.7. The van der Waals surface area contributed by atoms with Crippen LogP contribution in [0.4, 0.5) is 0 Å². The van der Waals surface area contributed by atoms with Gasteiger partial charge < -0.3 is 9.42 Å². The number of aryl methyl sites for hydroxylation is 1. The molecule has 0 bridgehead atoms. The van der Waals surface area contributed by atoms with Gasteiger partial charge in [0.1, 0.15) is 0 Å². The highest BCUT2D eigenvalue weighted by molar-refractivity contribution is 5.76. The molecule has 0 radical (unpaired) electrons. The van der Waals surface area contributed by atoms with E-state index in [9.17, 15) is 4.79 Å². The van der Waals surface area contributed by atoms with Gasteiger partial charge in [-0.15, -0.1) is 0 Å². The Balaban J connectivity index is 1.25. The first kappa shape index (κ1) is 17.2. The van der Waals surface area contributed by atoms with Crippen LogP contribution in [-0.2, 0) is 24.3 Å². The van der Waals surface area contributed by atoms with E-state index in [1.807, 2.05) is 11.8 Å². The van der Waals surface area contributed by atoms with E-state index in [0.29, 0.717) is 24.1 Å². The number of likely N-dealkylation sites (tertiary alicyclic amines) is 1. The molecule has 2 aliphatic rings. The second kappa shape index (κ2) is 7.58. The largest absolute Gasteiger partial charge is 0.340 e. The van der Waals surface area contributed by atoms with Crippen LogP contribution < -0.4 is 0 Å². The molecule has 0 unspecified atom stereocenters. The predicted molar refractivity (Wildman–Crippen MR) is 97.2 cm³/mol. The number of amides is 1. The SMILES string of the molecule is Cc1nc(CN2CCC(CC(=O)N3CCc4ccccc4C3)CC2)no1. The van der Waals surface area contributed by atoms with Gasteiger partial charge in [-0.1, -0.05) is 29.4 Å². The zero-order chi connectivity index (χ0) is 17.9. The van der Waals surface area contributed by atoms with Gasteiger partial charge in [-0.25, -0.2) is 0 Å². The molecule has 1 aromatic heterocycles. The highest BCUT2D eigenvalue weighted by atomic mass is 16.5. The maximum atomic E-state index is 12.7. The smallest absolute Gasteiger partial charge is 0.223 e. The standard InChI is InChI=1S/C20H26N4O2/c1-15-21-19(22-26-15)14-23-9-6-16(7-10-23)12-20(25)24-11-8-17-4-2-3-5-18(17)13-24/h2-5,16H,6-14H2,1H3. The minimum Gasteiger partial charge on any atom is -0.340 e. The van der Waals surface area contributed by atoms with Crippen molar-refractivity contribution in [1.82, 2.24) is 19.9 Å². The Morgan fingerprint density at radius 2 is 1.96 bits per heavy atom. The Morgan fingerprint density at radius 3 is 2.69 bits per heavy atom. The summed E-state index contributed by atoms with van der Waals surface area (Å²) >= 11 is 0. The summed E-state index contributed by atoms with van der Waals surface area (Å²) in [7, 11) is 0. The van der Waals surface area contributed by atoms with Gasteiger partial charge in [-0.05, 0) is 49.4 Å². The van der Waals surface area contributed by atoms with Crippen molar-refractivity contribution in [2.75, 3.05) is 19.6 Å². The van der Waals surface area contributed by atoms with Gasteiger partial charge in [-0.3, -0.25) is 9.69 Å². The van der Waals surface area contributed by atoms with Crippen molar-refractivity contribution in [3.63, 3.8) is 0 Å². The number of piperidine rings is 1. The van der Waals surface area contributed by atoms with E-state index in [4.69, 9.17) is 4.52 Å². The molecular weight excluding hydrogens is 328 g/mol. The van der Waals surface area contributed by atoms with E-state index in [-0.39, 0.29) is 0 Å². The fourth-order valence-electron chi connectivity index (χ4n) is 4.04. The molecule has 1 amide bonds. The van der Waals surface area contributed by atoms with E-state index in [1.54, 1.807) is 0 Å². The van der Waals surface area contributed by atoms with Gasteiger partial charge in [0.15, 0.2) is 5.82 Å². The first-order valence-electron chi connectivity index (χ1n) is 9.53. The first-order valence-corrected chi connectivity index (χ1v) is 9.53. The van der Waals surface area contributed by atoms with E-state index in [2.05, 4.69) is 39.3 Å². The lowest BCUT2D eigenvalue weighted by Gasteiger charge is -2.33. The molecule has 6 heteroatoms. The topological polar surface area (TPSA) is 62.5 Å². The highest BCUT2D eigenvalue weighted by Gasteiger charge is 2.26. The molecule has 1 saturated heterocycles. The summed E-state index contributed by atoms with van der Waals surface area (Å²) < 4.78 is 5.03. The average molecular weight is 354 g/mol. The number of hydrogen-bond acceptors (Lipinski definition) is 5. The molecule has 2 aliphatic heterocycles. The molecule has 0 N–H and O–H groups in total. The molecule has 26 heavy (non-hydrogen) atoms. The fraction of sp³-hybridized carbons (Fsp3) is 0.550. The molecule has 1 fully saturated rings. The van der Waals surface area contributed by atoms with Crippen molar-refractivity contribution in [2.24, 2.45) is 5.92 Å². The van der Waals surface area contributed by atoms with Crippen molar-refractivity contribution >= 4 is 5.91 Å². The minimum atomic E-state index is 0.312. The number of fused-ring (bicyclic) bond motifs is 1. The summed E-state index contributed by atoms with van der Waals surface area (Å²) in [4.78, 5) is 21.4. The van der Waals surface area contributed by atoms with Crippen LogP contribution in [-0.4, -0.2) is 45.5 Å². The van der Waals surface area contributed by atoms with Crippen molar-refractivity contribution in [3.8, 4) is 0 Å². The van der Waals surface area contributed by atoms with Gasteiger partial charge in [0.25, 0.3) is 0 Å². The quantitative estimate of drug-likeness (QED) is 0.844. The third-order valence-electron chi connectivity index (χ3n) is 5.59. The summed E-state index contributed by atoms with van der Waals surface area (Å²) in [5.41, 5.74) is 2.69. The van der Waals surface area contributed by atoms with Gasteiger partial charge in [-0.2, -0.15) is 4.98 Å². The lowest BCUT2D eigenvalue weighted by Crippen LogP contribution is -2.39. The Morgan fingerprint density at radius 1 is 1.19 bits per heavy atom. The molecular formula is C20H26N4O2. The molecule has 0 aliphatic carbocycles. The maximum absolute atomic E-state index is 12.7. The van der Waals surface area contributed by atoms with Crippen LogP contribution in [0.15, 0.2) is 28.8 Å². The molecule has 3 heterocycles. The van der Waals surface area contributed by atoms with Crippen molar-refractivity contribution in [3.05, 3.63) is 47.1 Å². The molecule has 0 saturated carbocycles. The Hall–Kier alpha value is -2.21. The van der Waals surface area contributed by atoms with Crippen LogP contribution in [0.2, 0.25) is 0 Å². The number of nitrogens with zero attached hydrogens (tertiary/aromatic N) is 4. The normalized spacial score (nSPS) is 18.7. The number of rotatable bonds is 4. The lowest BCUT2D eigenvalue weighted by molar-refractivity contribution is -0.133. The summed E-state index contributed by atoms with van der Waals surface area (Å²) in [6.45, 7) is 6.16. The van der Waals surface area contributed by atoms with Crippen molar-refractivity contribution in [1.29, 1.82) is 0 Å². The zero-order valence-electron chi connectivity index (χ0n) is 15.4. The van der Waals surface area contributed by atoms with Crippen LogP contribution >= 0.6 is 0 Å². The van der Waals surface area contributed by atoms with Gasteiger partial charge >= 0.3 is 0 Å². The van der Waals surface area contributed by atoms with Gasteiger partial charge in [0, 0.05) is 26.4 Å². The monoisotopic (exact) mass is 354 g/mol. The molecule has 1 aromatic carbocycles. The summed E-state index contributed by atoms with van der Waals surface area (Å²) in [6, 6.07) is 8.47. The predicted octanol–water partition coefficient (Wildman–Crippen LogP) is 2.57. The van der Waals surface area contributed by atoms with Gasteiger partial charge in [0.2, 0.25) is 11.8 Å². The van der Waals surface area contributed by atoms with E-state index < -0.39 is 0 Å². The molecule has 2 aromatic rings. The highest BCUT2D eigenvalue weighted by Crippen LogP contribution is 2.25. The summed E-state index contributed by atoms with van der Waals surface area (Å²) in [5.74, 6) is 2.17. The van der Waals surface area contributed by atoms with E-state index >= 15 is 0 Å². The Labute approximate surface area is 154 Å². The van der Waals surface area contributed by atoms with Crippen molar-refractivity contribution in [2.45, 2.75) is 45.7 Å². The van der Waals surface area contributed by atoms with Crippen molar-refractivity contribution < 1.29 is 9.32 Å². The number of carbonyl (C=O) groups excluding carboxylic acids is 1. The van der Waals surface area contributed by atoms with Crippen LogP contribution in [0.3, 0.4) is 0 Å². The number of benzene rings is 1. The molecule has 0 atom stereocenters. The van der Waals surface area contributed by atoms with Gasteiger partial charge in [0.05, 0.1) is 6.54 Å². The minimum absolute atomic E-state index is 0.312. The Bertz CT molecular complexity index is 765. The third kappa shape index (κ3) is 3.96. The third-order valence-corrected chi connectivity index (χ3v) is 5.59. The molecule has 0 spiro atoms.